The van der Waals surface area contributed by atoms with Crippen molar-refractivity contribution in [3.8, 4) is 39.5 Å². The molecule has 0 unspecified atom stereocenters. The lowest BCUT2D eigenvalue weighted by Crippen LogP contribution is -2.51. The zero-order valence-corrected chi connectivity index (χ0v) is 36.9. The quantitative estimate of drug-likeness (QED) is 0.112. The molecule has 0 bridgehead atoms. The number of ether oxygens (including phenoxy) is 3. The Hall–Kier alpha value is -6.32. The first-order valence-electron chi connectivity index (χ1n) is 21.5. The smallest absolute Gasteiger partial charge is 0.407 e. The minimum absolute atomic E-state index is 0.123. The molecule has 4 amide bonds. The maximum absolute atomic E-state index is 13.7. The molecular formula is C46H57N9O7. The average Bonchev–Trinajstić information content (AvgIpc) is 4.10. The van der Waals surface area contributed by atoms with Gasteiger partial charge in [0.05, 0.1) is 55.8 Å². The Labute approximate surface area is 361 Å². The lowest BCUT2D eigenvalue weighted by molar-refractivity contribution is -0.136. The van der Waals surface area contributed by atoms with Crippen molar-refractivity contribution in [3.05, 3.63) is 66.0 Å². The molecule has 2 aromatic carbocycles. The van der Waals surface area contributed by atoms with Crippen LogP contribution < -0.4 is 15.4 Å². The summed E-state index contributed by atoms with van der Waals surface area (Å²) in [5.74, 6) is 1.61. The topological polar surface area (TPSA) is 189 Å². The van der Waals surface area contributed by atoms with Gasteiger partial charge in [-0.15, -0.1) is 0 Å². The maximum Gasteiger partial charge on any atom is 0.407 e. The molecule has 3 aliphatic rings. The normalized spacial score (nSPS) is 19.0. The van der Waals surface area contributed by atoms with Crippen LogP contribution in [0.2, 0.25) is 0 Å². The molecule has 4 atom stereocenters. The van der Waals surface area contributed by atoms with E-state index in [4.69, 9.17) is 24.2 Å². The number of nitrogens with one attached hydrogen (secondary N) is 4. The molecule has 0 aliphatic carbocycles. The van der Waals surface area contributed by atoms with Gasteiger partial charge in [0.1, 0.15) is 35.1 Å². The number of nitrogens with zero attached hydrogens (tertiary/aromatic N) is 5. The second-order valence-corrected chi connectivity index (χ2v) is 17.8. The number of rotatable bonds is 10. The van der Waals surface area contributed by atoms with E-state index in [0.717, 1.165) is 81.7 Å². The molecule has 6 heterocycles. The van der Waals surface area contributed by atoms with Gasteiger partial charge in [-0.1, -0.05) is 39.8 Å². The number of H-pyrrole nitrogens is 2. The number of carbonyl (C=O) groups is 4. The molecule has 0 spiro atoms. The fourth-order valence-electron chi connectivity index (χ4n) is 9.52. The van der Waals surface area contributed by atoms with Crippen LogP contribution in [-0.2, 0) is 31.7 Å². The van der Waals surface area contributed by atoms with Crippen molar-refractivity contribution in [2.24, 2.45) is 18.9 Å². The van der Waals surface area contributed by atoms with Crippen molar-refractivity contribution in [2.75, 3.05) is 27.3 Å². The van der Waals surface area contributed by atoms with E-state index in [1.807, 2.05) is 49.8 Å². The van der Waals surface area contributed by atoms with Crippen LogP contribution in [0.1, 0.15) is 96.5 Å². The summed E-state index contributed by atoms with van der Waals surface area (Å²) in [6, 6.07) is 10.7. The Kier molecular flexibility index (Phi) is 11.3. The van der Waals surface area contributed by atoms with Crippen LogP contribution in [0.3, 0.4) is 0 Å². The highest BCUT2D eigenvalue weighted by Gasteiger charge is 2.41. The van der Waals surface area contributed by atoms with E-state index in [0.29, 0.717) is 24.7 Å². The summed E-state index contributed by atoms with van der Waals surface area (Å²) < 4.78 is 18.7. The zero-order valence-electron chi connectivity index (χ0n) is 36.9. The van der Waals surface area contributed by atoms with Crippen molar-refractivity contribution in [3.63, 3.8) is 0 Å². The van der Waals surface area contributed by atoms with E-state index in [-0.39, 0.29) is 35.7 Å². The predicted octanol–water partition coefficient (Wildman–Crippen LogP) is 7.34. The number of amides is 4. The number of aromatic amines is 2. The fraction of sp³-hybridized carbons (Fsp3) is 0.478. The highest BCUT2D eigenvalue weighted by molar-refractivity contribution is 5.97. The lowest BCUT2D eigenvalue weighted by Gasteiger charge is -2.34. The minimum Gasteiger partial charge on any atom is -0.482 e. The van der Waals surface area contributed by atoms with Gasteiger partial charge in [0.2, 0.25) is 11.8 Å². The number of likely N-dealkylation sites (tertiary alicyclic amines) is 2. The second kappa shape index (κ2) is 16.5. The van der Waals surface area contributed by atoms with Crippen LogP contribution in [-0.4, -0.2) is 97.7 Å². The van der Waals surface area contributed by atoms with Crippen LogP contribution in [0, 0.1) is 11.8 Å². The van der Waals surface area contributed by atoms with Crippen LogP contribution in [0.15, 0.2) is 48.8 Å². The lowest BCUT2D eigenvalue weighted by atomic mass is 9.88. The molecule has 3 aromatic heterocycles. The molecule has 3 aliphatic heterocycles. The third-order valence-corrected chi connectivity index (χ3v) is 12.7. The molecular weight excluding hydrogens is 791 g/mol. The third kappa shape index (κ3) is 7.53. The van der Waals surface area contributed by atoms with Gasteiger partial charge in [0, 0.05) is 53.3 Å². The summed E-state index contributed by atoms with van der Waals surface area (Å²) in [5.41, 5.74) is 7.02. The first kappa shape index (κ1) is 42.4. The number of carbonyl (C=O) groups excluding carboxylic acids is 4. The first-order chi connectivity index (χ1) is 29.6. The van der Waals surface area contributed by atoms with E-state index in [1.165, 1.54) is 14.2 Å². The number of benzene rings is 2. The molecule has 2 saturated heterocycles. The summed E-state index contributed by atoms with van der Waals surface area (Å²) in [6.07, 6.45) is 5.54. The number of fused-ring (bicyclic) bond motifs is 5. The summed E-state index contributed by atoms with van der Waals surface area (Å²) in [4.78, 5) is 71.8. The van der Waals surface area contributed by atoms with Crippen LogP contribution in [0.5, 0.6) is 5.75 Å². The van der Waals surface area contributed by atoms with E-state index in [1.54, 1.807) is 6.20 Å². The number of imidazole rings is 2. The zero-order chi connectivity index (χ0) is 44.2. The van der Waals surface area contributed by atoms with Gasteiger partial charge in [-0.3, -0.25) is 9.59 Å². The number of alkyl carbamates (subject to hydrolysis) is 2. The van der Waals surface area contributed by atoms with Crippen molar-refractivity contribution < 1.29 is 33.4 Å². The Morgan fingerprint density at radius 1 is 0.774 bits per heavy atom. The monoisotopic (exact) mass is 847 g/mol. The SMILES string of the molecule is COC(=O)N[C@H](C(=O)N1CCC[C@H]1c1ncc(-c2ccc3c(c2)OC(C)(C)c2c-3n(C)c3ccc(-c4cnc([C@@H]5CCCN5C(=O)[C@@H](NC(=O)OC)C(C)C)[nH]4)cc23)[nH]1)C(C)C. The largest absolute Gasteiger partial charge is 0.482 e. The number of aryl methyl sites for hydroxylation is 1. The van der Waals surface area contributed by atoms with E-state index < -0.39 is 29.9 Å². The molecule has 16 heteroatoms. The van der Waals surface area contributed by atoms with Crippen LogP contribution in [0.25, 0.3) is 44.7 Å². The molecule has 16 nitrogen and oxygen atoms in total. The second-order valence-electron chi connectivity index (χ2n) is 17.8. The molecule has 2 fully saturated rings. The van der Waals surface area contributed by atoms with Crippen molar-refractivity contribution in [1.29, 1.82) is 0 Å². The molecule has 8 rings (SSSR count). The average molecular weight is 848 g/mol. The molecule has 4 N–H and O–H groups in total. The maximum atomic E-state index is 13.7. The van der Waals surface area contributed by atoms with E-state index in [9.17, 15) is 19.2 Å². The van der Waals surface area contributed by atoms with Crippen molar-refractivity contribution >= 4 is 34.9 Å². The first-order valence-corrected chi connectivity index (χ1v) is 21.5. The Bertz CT molecular complexity index is 2530. The molecule has 5 aromatic rings. The minimum atomic E-state index is -0.711. The molecule has 62 heavy (non-hydrogen) atoms. The van der Waals surface area contributed by atoms with E-state index in [2.05, 4.69) is 76.4 Å². The Morgan fingerprint density at radius 3 is 1.77 bits per heavy atom. The van der Waals surface area contributed by atoms with Crippen molar-refractivity contribution in [2.45, 2.75) is 97.0 Å². The number of hydrogen-bond donors (Lipinski definition) is 4. The molecule has 0 saturated carbocycles. The summed E-state index contributed by atoms with van der Waals surface area (Å²) in [5, 5.41) is 6.49. The van der Waals surface area contributed by atoms with E-state index >= 15 is 0 Å². The van der Waals surface area contributed by atoms with Gasteiger partial charge in [0.15, 0.2) is 0 Å². The van der Waals surface area contributed by atoms with Crippen LogP contribution in [0.4, 0.5) is 9.59 Å². The highest BCUT2D eigenvalue weighted by atomic mass is 16.5. The standard InChI is InChI=1S/C46H57N9O7/c1-24(2)37(51-44(58)60-8)42(56)54-18-10-12-33(54)40-47-22-30(49-40)26-15-17-32-29(20-26)36-39(53(32)7)28-16-14-27(21-35(28)62-46(36,5)6)31-23-48-41(50-31)34-13-11-19-55(34)43(57)38(25(3)4)52-45(59)61-9/h14-17,20-25,33-34,37-38H,10-13,18-19H2,1-9H3,(H,47,49)(H,48,50)(H,51,58)(H,52,59)/t33-,34-,37-,38-/m0/s1. The van der Waals surface area contributed by atoms with Gasteiger partial charge in [0.25, 0.3) is 0 Å². The van der Waals surface area contributed by atoms with Gasteiger partial charge in [-0.25, -0.2) is 19.6 Å². The Morgan fingerprint density at radius 2 is 1.27 bits per heavy atom. The fourth-order valence-corrected chi connectivity index (χ4v) is 9.52. The van der Waals surface area contributed by atoms with Crippen molar-refractivity contribution in [1.82, 2.24) is 44.9 Å². The van der Waals surface area contributed by atoms with Gasteiger partial charge in [-0.2, -0.15) is 0 Å². The highest BCUT2D eigenvalue weighted by Crippen LogP contribution is 2.50. The molecule has 0 radical (unpaired) electrons. The predicted molar refractivity (Wildman–Crippen MR) is 233 cm³/mol. The molecule has 328 valence electrons. The summed E-state index contributed by atoms with van der Waals surface area (Å²) in [6.45, 7) is 12.9. The van der Waals surface area contributed by atoms with Gasteiger partial charge in [-0.05, 0) is 75.6 Å². The third-order valence-electron chi connectivity index (χ3n) is 12.7. The number of methoxy groups -OCH3 is 2. The summed E-state index contributed by atoms with van der Waals surface area (Å²) >= 11 is 0. The summed E-state index contributed by atoms with van der Waals surface area (Å²) in [7, 11) is 4.67. The number of aromatic nitrogens is 5. The van der Waals surface area contributed by atoms with Gasteiger partial charge < -0.3 is 49.2 Å². The van der Waals surface area contributed by atoms with Gasteiger partial charge >= 0.3 is 12.2 Å². The number of hydrogen-bond acceptors (Lipinski definition) is 9. The van der Waals surface area contributed by atoms with Crippen LogP contribution >= 0.6 is 0 Å². The Balaban J connectivity index is 1.05.